The minimum Gasteiger partial charge on any atom is -0.354 e. The Balaban J connectivity index is 2.31. The second-order valence-electron chi connectivity index (χ2n) is 3.75. The molecule has 0 aromatic rings. The van der Waals surface area contributed by atoms with Crippen molar-refractivity contribution < 1.29 is 4.79 Å². The van der Waals surface area contributed by atoms with Crippen molar-refractivity contribution in [2.75, 3.05) is 13.1 Å². The second-order valence-corrected chi connectivity index (χ2v) is 3.75. The van der Waals surface area contributed by atoms with Crippen LogP contribution in [0.1, 0.15) is 26.2 Å². The topological polar surface area (TPSA) is 64.9 Å². The molecule has 0 spiro atoms. The molecular formula is C10H17N3O. The summed E-state index contributed by atoms with van der Waals surface area (Å²) in [6, 6.07) is 1.93. The molecule has 78 valence electrons. The van der Waals surface area contributed by atoms with Gasteiger partial charge < -0.3 is 10.6 Å². The van der Waals surface area contributed by atoms with Gasteiger partial charge in [0.15, 0.2) is 0 Å². The van der Waals surface area contributed by atoms with E-state index in [0.717, 1.165) is 19.4 Å². The van der Waals surface area contributed by atoms with Crippen molar-refractivity contribution in [2.45, 2.75) is 32.2 Å². The van der Waals surface area contributed by atoms with Gasteiger partial charge in [0, 0.05) is 6.54 Å². The highest BCUT2D eigenvalue weighted by Crippen LogP contribution is 2.15. The van der Waals surface area contributed by atoms with E-state index >= 15 is 0 Å². The molecule has 0 radical (unpaired) electrons. The molecule has 1 fully saturated rings. The Labute approximate surface area is 84.7 Å². The highest BCUT2D eigenvalue weighted by Gasteiger charge is 2.26. The van der Waals surface area contributed by atoms with Gasteiger partial charge in [0.05, 0.1) is 18.5 Å². The van der Waals surface area contributed by atoms with Crippen LogP contribution in [-0.4, -0.2) is 25.0 Å². The molecule has 2 unspecified atom stereocenters. The van der Waals surface area contributed by atoms with E-state index in [1.165, 1.54) is 0 Å². The van der Waals surface area contributed by atoms with Crippen molar-refractivity contribution >= 4 is 5.91 Å². The maximum atomic E-state index is 11.6. The third-order valence-electron chi connectivity index (χ3n) is 2.59. The van der Waals surface area contributed by atoms with Crippen LogP contribution >= 0.6 is 0 Å². The number of nitriles is 1. The van der Waals surface area contributed by atoms with Crippen LogP contribution in [0.4, 0.5) is 0 Å². The smallest absolute Gasteiger partial charge is 0.237 e. The van der Waals surface area contributed by atoms with Gasteiger partial charge in [-0.05, 0) is 25.3 Å². The molecule has 0 aliphatic carbocycles. The van der Waals surface area contributed by atoms with Gasteiger partial charge in [0.25, 0.3) is 0 Å². The van der Waals surface area contributed by atoms with Crippen LogP contribution in [0.3, 0.4) is 0 Å². The Morgan fingerprint density at radius 3 is 3.14 bits per heavy atom. The van der Waals surface area contributed by atoms with E-state index in [-0.39, 0.29) is 11.9 Å². The van der Waals surface area contributed by atoms with Gasteiger partial charge in [0.2, 0.25) is 5.91 Å². The average molecular weight is 195 g/mol. The third kappa shape index (κ3) is 3.00. The van der Waals surface area contributed by atoms with Crippen molar-refractivity contribution in [1.29, 1.82) is 5.26 Å². The lowest BCUT2D eigenvalue weighted by Crippen LogP contribution is -2.50. The maximum absolute atomic E-state index is 11.6. The van der Waals surface area contributed by atoms with Crippen molar-refractivity contribution in [2.24, 2.45) is 5.92 Å². The zero-order chi connectivity index (χ0) is 10.4. The van der Waals surface area contributed by atoms with Gasteiger partial charge >= 0.3 is 0 Å². The largest absolute Gasteiger partial charge is 0.354 e. The molecule has 1 heterocycles. The van der Waals surface area contributed by atoms with Crippen LogP contribution in [-0.2, 0) is 4.79 Å². The van der Waals surface area contributed by atoms with Crippen molar-refractivity contribution in [3.8, 4) is 6.07 Å². The highest BCUT2D eigenvalue weighted by atomic mass is 16.2. The molecule has 1 aliphatic rings. The van der Waals surface area contributed by atoms with Crippen LogP contribution in [0.2, 0.25) is 0 Å². The summed E-state index contributed by atoms with van der Waals surface area (Å²) >= 11 is 0. The van der Waals surface area contributed by atoms with E-state index in [2.05, 4.69) is 17.6 Å². The zero-order valence-electron chi connectivity index (χ0n) is 8.55. The minimum atomic E-state index is -0.0672. The molecule has 0 bridgehead atoms. The molecule has 2 N–H and O–H groups in total. The molecule has 1 amide bonds. The lowest BCUT2D eigenvalue weighted by atomic mass is 9.92. The summed E-state index contributed by atoms with van der Waals surface area (Å²) in [4.78, 5) is 11.6. The molecule has 0 aromatic carbocycles. The van der Waals surface area contributed by atoms with Gasteiger partial charge in [-0.1, -0.05) is 6.92 Å². The van der Waals surface area contributed by atoms with E-state index in [1.54, 1.807) is 0 Å². The fourth-order valence-corrected chi connectivity index (χ4v) is 1.75. The molecule has 1 saturated heterocycles. The lowest BCUT2D eigenvalue weighted by Gasteiger charge is -2.28. The quantitative estimate of drug-likeness (QED) is 0.641. The number of hydrogen-bond acceptors (Lipinski definition) is 3. The summed E-state index contributed by atoms with van der Waals surface area (Å²) in [5.74, 6) is 0.429. The first-order chi connectivity index (χ1) is 6.75. The van der Waals surface area contributed by atoms with E-state index in [9.17, 15) is 4.79 Å². The SMILES string of the molecule is CC1CCCNC1C(=O)NCCC#N. The second kappa shape index (κ2) is 5.61. The number of piperidine rings is 1. The molecule has 4 heteroatoms. The molecule has 4 nitrogen and oxygen atoms in total. The Kier molecular flexibility index (Phi) is 4.41. The summed E-state index contributed by atoms with van der Waals surface area (Å²) in [5, 5.41) is 14.3. The van der Waals surface area contributed by atoms with Crippen LogP contribution in [0.15, 0.2) is 0 Å². The molecule has 0 aromatic heterocycles. The number of nitrogens with one attached hydrogen (secondary N) is 2. The first kappa shape index (κ1) is 11.0. The molecular weight excluding hydrogens is 178 g/mol. The first-order valence-corrected chi connectivity index (χ1v) is 5.13. The minimum absolute atomic E-state index is 0.0347. The summed E-state index contributed by atoms with van der Waals surface area (Å²) in [6.07, 6.45) is 2.62. The van der Waals surface area contributed by atoms with Gasteiger partial charge in [0.1, 0.15) is 0 Å². The van der Waals surface area contributed by atoms with Crippen LogP contribution < -0.4 is 10.6 Å². The van der Waals surface area contributed by atoms with Crippen molar-refractivity contribution in [3.05, 3.63) is 0 Å². The van der Waals surface area contributed by atoms with Crippen molar-refractivity contribution in [1.82, 2.24) is 10.6 Å². The fraction of sp³-hybridized carbons (Fsp3) is 0.800. The summed E-state index contributed by atoms with van der Waals surface area (Å²) in [5.41, 5.74) is 0. The Bertz CT molecular complexity index is 234. The number of carbonyl (C=O) groups excluding carboxylic acids is 1. The highest BCUT2D eigenvalue weighted by molar-refractivity contribution is 5.82. The normalized spacial score (nSPS) is 26.6. The Morgan fingerprint density at radius 1 is 1.71 bits per heavy atom. The molecule has 1 rings (SSSR count). The number of amides is 1. The predicted molar refractivity (Wildman–Crippen MR) is 53.4 cm³/mol. The number of nitrogens with zero attached hydrogens (tertiary/aromatic N) is 1. The molecule has 1 aliphatic heterocycles. The standard InChI is InChI=1S/C10H17N3O/c1-8-4-2-6-12-9(8)10(14)13-7-3-5-11/h8-9,12H,2-4,6-7H2,1H3,(H,13,14). The number of carbonyl (C=O) groups is 1. The number of rotatable bonds is 3. The van der Waals surface area contributed by atoms with Crippen molar-refractivity contribution in [3.63, 3.8) is 0 Å². The first-order valence-electron chi connectivity index (χ1n) is 5.13. The lowest BCUT2D eigenvalue weighted by molar-refractivity contribution is -0.124. The van der Waals surface area contributed by atoms with Crippen LogP contribution in [0.25, 0.3) is 0 Å². The van der Waals surface area contributed by atoms with E-state index < -0.39 is 0 Å². The van der Waals surface area contributed by atoms with Gasteiger partial charge in [-0.25, -0.2) is 0 Å². The van der Waals surface area contributed by atoms with Gasteiger partial charge in [-0.3, -0.25) is 4.79 Å². The zero-order valence-corrected chi connectivity index (χ0v) is 8.55. The monoisotopic (exact) mass is 195 g/mol. The summed E-state index contributed by atoms with van der Waals surface area (Å²) < 4.78 is 0. The Hall–Kier alpha value is -1.08. The van der Waals surface area contributed by atoms with Gasteiger partial charge in [-0.2, -0.15) is 5.26 Å². The Morgan fingerprint density at radius 2 is 2.50 bits per heavy atom. The van der Waals surface area contributed by atoms with Crippen LogP contribution in [0, 0.1) is 17.2 Å². The van der Waals surface area contributed by atoms with E-state index in [0.29, 0.717) is 18.9 Å². The number of hydrogen-bond donors (Lipinski definition) is 2. The third-order valence-corrected chi connectivity index (χ3v) is 2.59. The maximum Gasteiger partial charge on any atom is 0.237 e. The van der Waals surface area contributed by atoms with E-state index in [1.807, 2.05) is 6.07 Å². The van der Waals surface area contributed by atoms with E-state index in [4.69, 9.17) is 5.26 Å². The fourth-order valence-electron chi connectivity index (χ4n) is 1.75. The molecule has 0 saturated carbocycles. The summed E-state index contributed by atoms with van der Waals surface area (Å²) in [7, 11) is 0. The van der Waals surface area contributed by atoms with Gasteiger partial charge in [-0.15, -0.1) is 0 Å². The average Bonchev–Trinajstić information content (AvgIpc) is 2.18. The van der Waals surface area contributed by atoms with Crippen LogP contribution in [0.5, 0.6) is 0 Å². The molecule has 14 heavy (non-hydrogen) atoms. The molecule has 2 atom stereocenters. The summed E-state index contributed by atoms with van der Waals surface area (Å²) in [6.45, 7) is 3.46. The predicted octanol–water partition coefficient (Wildman–Crippen LogP) is 0.404.